The van der Waals surface area contributed by atoms with Crippen molar-refractivity contribution in [2.45, 2.75) is 50.8 Å². The molecule has 0 fully saturated rings. The molecule has 1 atom stereocenters. The molecule has 0 spiro atoms. The third-order valence-electron chi connectivity index (χ3n) is 4.62. The first-order valence-corrected chi connectivity index (χ1v) is 9.39. The van der Waals surface area contributed by atoms with E-state index in [1.807, 2.05) is 6.07 Å². The van der Waals surface area contributed by atoms with Crippen LogP contribution in [-0.4, -0.2) is 22.0 Å². The third kappa shape index (κ3) is 7.30. The van der Waals surface area contributed by atoms with Crippen LogP contribution in [0.1, 0.15) is 39.2 Å². The SMILES string of the molecule is C/C=C/C(C#N)=C\C=C\C=C(/N)CC(O)(CC(C)(C)c1ccc(F)cc1O)C(F)(F)F. The molecular weight excluding hydrogens is 412 g/mol. The van der Waals surface area contributed by atoms with E-state index in [1.54, 1.807) is 19.1 Å². The standard InChI is InChI=1S/C23H26F4N2O2/c1-4-7-16(14-28)8-5-6-9-18(29)13-22(31,23(25,26)27)15-21(2,3)19-11-10-17(24)12-20(19)30/h4-12,30-31H,13,15,29H2,1-3H3/b6-5+,7-4+,16-8+,18-9-. The quantitative estimate of drug-likeness (QED) is 0.292. The van der Waals surface area contributed by atoms with Crippen molar-refractivity contribution in [2.75, 3.05) is 0 Å². The van der Waals surface area contributed by atoms with Gasteiger partial charge >= 0.3 is 6.18 Å². The lowest BCUT2D eigenvalue weighted by Crippen LogP contribution is -2.50. The van der Waals surface area contributed by atoms with Crippen LogP contribution in [0, 0.1) is 17.1 Å². The molecule has 0 saturated heterocycles. The van der Waals surface area contributed by atoms with Gasteiger partial charge in [-0.2, -0.15) is 18.4 Å². The molecule has 0 aromatic heterocycles. The zero-order valence-corrected chi connectivity index (χ0v) is 17.5. The molecule has 168 valence electrons. The second-order valence-corrected chi connectivity index (χ2v) is 7.79. The summed E-state index contributed by atoms with van der Waals surface area (Å²) < 4.78 is 54.6. The lowest BCUT2D eigenvalue weighted by molar-refractivity contribution is -0.266. The van der Waals surface area contributed by atoms with Crippen LogP contribution in [0.15, 0.2) is 65.9 Å². The summed E-state index contributed by atoms with van der Waals surface area (Å²) in [6, 6.07) is 4.96. The molecular formula is C23H26F4N2O2. The highest BCUT2D eigenvalue weighted by molar-refractivity contribution is 5.39. The second kappa shape index (κ2) is 10.3. The van der Waals surface area contributed by atoms with Gasteiger partial charge in [0.15, 0.2) is 5.60 Å². The number of hydrogen-bond donors (Lipinski definition) is 3. The van der Waals surface area contributed by atoms with Crippen LogP contribution in [0.4, 0.5) is 17.6 Å². The largest absolute Gasteiger partial charge is 0.508 e. The highest BCUT2D eigenvalue weighted by atomic mass is 19.4. The number of phenols is 1. The number of nitriles is 1. The Balaban J connectivity index is 3.16. The highest BCUT2D eigenvalue weighted by Gasteiger charge is 2.56. The number of nitrogens with zero attached hydrogens (tertiary/aromatic N) is 1. The van der Waals surface area contributed by atoms with E-state index in [0.29, 0.717) is 5.57 Å². The lowest BCUT2D eigenvalue weighted by atomic mass is 9.73. The summed E-state index contributed by atoms with van der Waals surface area (Å²) >= 11 is 0. The van der Waals surface area contributed by atoms with E-state index >= 15 is 0 Å². The van der Waals surface area contributed by atoms with E-state index in [-0.39, 0.29) is 11.3 Å². The van der Waals surface area contributed by atoms with Crippen LogP contribution in [0.5, 0.6) is 5.75 Å². The number of rotatable bonds is 8. The Morgan fingerprint density at radius 1 is 1.19 bits per heavy atom. The summed E-state index contributed by atoms with van der Waals surface area (Å²) in [5, 5.41) is 29.4. The van der Waals surface area contributed by atoms with Crippen molar-refractivity contribution in [2.24, 2.45) is 5.73 Å². The van der Waals surface area contributed by atoms with Crippen LogP contribution < -0.4 is 5.73 Å². The molecule has 8 heteroatoms. The molecule has 0 aliphatic carbocycles. The van der Waals surface area contributed by atoms with Gasteiger partial charge < -0.3 is 15.9 Å². The molecule has 1 aromatic rings. The number of alkyl halides is 3. The highest BCUT2D eigenvalue weighted by Crippen LogP contribution is 2.45. The lowest BCUT2D eigenvalue weighted by Gasteiger charge is -2.38. The minimum Gasteiger partial charge on any atom is -0.508 e. The Bertz CT molecular complexity index is 938. The van der Waals surface area contributed by atoms with Crippen LogP contribution >= 0.6 is 0 Å². The van der Waals surface area contributed by atoms with Crippen LogP contribution in [0.3, 0.4) is 0 Å². The van der Waals surface area contributed by atoms with E-state index in [9.17, 15) is 27.8 Å². The van der Waals surface area contributed by atoms with Gasteiger partial charge in [-0.05, 0) is 48.6 Å². The van der Waals surface area contributed by atoms with Crippen molar-refractivity contribution >= 4 is 0 Å². The molecule has 1 aromatic carbocycles. The first-order valence-electron chi connectivity index (χ1n) is 9.39. The predicted octanol–water partition coefficient (Wildman–Crippen LogP) is 5.31. The number of aliphatic hydroxyl groups is 1. The number of allylic oxidation sites excluding steroid dienone is 7. The fourth-order valence-corrected chi connectivity index (χ4v) is 3.21. The van der Waals surface area contributed by atoms with Gasteiger partial charge in [0, 0.05) is 18.2 Å². The van der Waals surface area contributed by atoms with Crippen LogP contribution in [-0.2, 0) is 5.41 Å². The smallest absolute Gasteiger partial charge is 0.417 e. The maximum Gasteiger partial charge on any atom is 0.417 e. The first-order chi connectivity index (χ1) is 14.3. The predicted molar refractivity (Wildman–Crippen MR) is 111 cm³/mol. The summed E-state index contributed by atoms with van der Waals surface area (Å²) in [5.41, 5.74) is 1.36. The third-order valence-corrected chi connectivity index (χ3v) is 4.62. The van der Waals surface area contributed by atoms with Crippen molar-refractivity contribution in [3.63, 3.8) is 0 Å². The summed E-state index contributed by atoms with van der Waals surface area (Å²) in [6.07, 6.45) is 1.96. The van der Waals surface area contributed by atoms with E-state index < -0.39 is 41.6 Å². The summed E-state index contributed by atoms with van der Waals surface area (Å²) in [4.78, 5) is 0. The molecule has 0 amide bonds. The Morgan fingerprint density at radius 2 is 1.81 bits per heavy atom. The molecule has 0 bridgehead atoms. The Hall–Kier alpha value is -3.05. The molecule has 4 nitrogen and oxygen atoms in total. The minimum atomic E-state index is -5.01. The maximum atomic E-state index is 13.8. The number of halogens is 4. The van der Waals surface area contributed by atoms with Gasteiger partial charge in [-0.1, -0.05) is 38.1 Å². The number of phenolic OH excluding ortho intramolecular Hbond substituents is 1. The monoisotopic (exact) mass is 438 g/mol. The Morgan fingerprint density at radius 3 is 2.32 bits per heavy atom. The van der Waals surface area contributed by atoms with Gasteiger partial charge in [0.25, 0.3) is 0 Å². The second-order valence-electron chi connectivity index (χ2n) is 7.79. The molecule has 1 unspecified atom stereocenters. The zero-order valence-electron chi connectivity index (χ0n) is 17.5. The molecule has 0 aliphatic rings. The number of aromatic hydroxyl groups is 1. The van der Waals surface area contributed by atoms with Crippen LogP contribution in [0.25, 0.3) is 0 Å². The zero-order chi connectivity index (χ0) is 23.9. The van der Waals surface area contributed by atoms with Gasteiger partial charge in [-0.15, -0.1) is 0 Å². The van der Waals surface area contributed by atoms with Crippen molar-refractivity contribution < 1.29 is 27.8 Å². The van der Waals surface area contributed by atoms with Crippen LogP contribution in [0.2, 0.25) is 0 Å². The number of hydrogen-bond acceptors (Lipinski definition) is 4. The van der Waals surface area contributed by atoms with Gasteiger partial charge in [-0.25, -0.2) is 4.39 Å². The molecule has 0 radical (unpaired) electrons. The number of nitrogens with two attached hydrogens (primary N) is 1. The van der Waals surface area contributed by atoms with Crippen molar-refractivity contribution in [3.8, 4) is 11.8 Å². The molecule has 31 heavy (non-hydrogen) atoms. The minimum absolute atomic E-state index is 0.0668. The normalized spacial score (nSPS) is 16.0. The first kappa shape index (κ1) is 26.0. The Kier molecular flexibility index (Phi) is 8.64. The molecule has 4 N–H and O–H groups in total. The Labute approximate surface area is 179 Å². The van der Waals surface area contributed by atoms with E-state index in [2.05, 4.69) is 0 Å². The topological polar surface area (TPSA) is 90.3 Å². The van der Waals surface area contributed by atoms with Gasteiger partial charge in [0.05, 0.1) is 11.6 Å². The summed E-state index contributed by atoms with van der Waals surface area (Å²) in [7, 11) is 0. The molecule has 0 heterocycles. The van der Waals surface area contributed by atoms with Gasteiger partial charge in [0.1, 0.15) is 11.6 Å². The van der Waals surface area contributed by atoms with Crippen molar-refractivity contribution in [1.29, 1.82) is 5.26 Å². The maximum absolute atomic E-state index is 13.8. The van der Waals surface area contributed by atoms with Gasteiger partial charge in [-0.3, -0.25) is 0 Å². The van der Waals surface area contributed by atoms with Crippen molar-refractivity contribution in [1.82, 2.24) is 0 Å². The van der Waals surface area contributed by atoms with E-state index in [1.165, 1.54) is 44.2 Å². The molecule has 0 aliphatic heterocycles. The number of benzene rings is 1. The van der Waals surface area contributed by atoms with E-state index in [4.69, 9.17) is 11.0 Å². The van der Waals surface area contributed by atoms with E-state index in [0.717, 1.165) is 12.1 Å². The summed E-state index contributed by atoms with van der Waals surface area (Å²) in [5.74, 6) is -1.23. The fourth-order valence-electron chi connectivity index (χ4n) is 3.21. The average molecular weight is 438 g/mol. The average Bonchev–Trinajstić information content (AvgIpc) is 2.62. The molecule has 1 rings (SSSR count). The fraction of sp³-hybridized carbons (Fsp3) is 0.348. The summed E-state index contributed by atoms with van der Waals surface area (Å²) in [6.45, 7) is 4.55. The molecule has 0 saturated carbocycles. The van der Waals surface area contributed by atoms with Gasteiger partial charge in [0.2, 0.25) is 0 Å². The van der Waals surface area contributed by atoms with Crippen molar-refractivity contribution in [3.05, 3.63) is 77.3 Å².